The van der Waals surface area contributed by atoms with Crippen molar-refractivity contribution in [2.75, 3.05) is 0 Å². The molecule has 0 aliphatic carbocycles. The quantitative estimate of drug-likeness (QED) is 0.435. The van der Waals surface area contributed by atoms with Gasteiger partial charge in [0, 0.05) is 10.5 Å². The monoisotopic (exact) mass is 185 g/mol. The van der Waals surface area contributed by atoms with Gasteiger partial charge in [0.15, 0.2) is 0 Å². The van der Waals surface area contributed by atoms with Crippen LogP contribution in [0.3, 0.4) is 0 Å². The van der Waals surface area contributed by atoms with Crippen molar-refractivity contribution in [2.45, 2.75) is 0 Å². The van der Waals surface area contributed by atoms with E-state index in [0.29, 0.717) is 11.6 Å². The average Bonchev–Trinajstić information content (AvgIpc) is 2.68. The molecule has 68 valence electrons. The molecule has 0 aliphatic rings. The molecular formula is C9H7N5. The van der Waals surface area contributed by atoms with Gasteiger partial charge >= 0.3 is 0 Å². The zero-order chi connectivity index (χ0) is 9.80. The molecule has 5 heteroatoms. The van der Waals surface area contributed by atoms with E-state index in [9.17, 15) is 0 Å². The highest BCUT2D eigenvalue weighted by molar-refractivity contribution is 5.56. The lowest BCUT2D eigenvalue weighted by Crippen LogP contribution is -1.77. The van der Waals surface area contributed by atoms with E-state index in [-0.39, 0.29) is 0 Å². The van der Waals surface area contributed by atoms with Crippen LogP contribution in [0, 0.1) is 0 Å². The number of H-pyrrole nitrogens is 1. The number of hydrogen-bond donors (Lipinski definition) is 1. The average molecular weight is 185 g/mol. The molecule has 0 saturated carbocycles. The van der Waals surface area contributed by atoms with Crippen molar-refractivity contribution >= 4 is 5.82 Å². The van der Waals surface area contributed by atoms with E-state index in [1.165, 1.54) is 6.20 Å². The molecule has 1 aromatic heterocycles. The van der Waals surface area contributed by atoms with Crippen LogP contribution in [-0.2, 0) is 0 Å². The fraction of sp³-hybridized carbons (Fsp3) is 0. The standard InChI is InChI=1S/C9H7N5/c10-14-13-8-6-11-9(12-8)7-4-2-1-3-5-7/h1-6H,(H,11,12). The lowest BCUT2D eigenvalue weighted by atomic mass is 10.2. The van der Waals surface area contributed by atoms with Crippen molar-refractivity contribution in [2.24, 2.45) is 5.11 Å². The smallest absolute Gasteiger partial charge is 0.137 e. The number of hydrogen-bond acceptors (Lipinski definition) is 2. The van der Waals surface area contributed by atoms with Crippen LogP contribution in [0.4, 0.5) is 5.82 Å². The van der Waals surface area contributed by atoms with Gasteiger partial charge in [-0.15, -0.1) is 0 Å². The van der Waals surface area contributed by atoms with Crippen LogP contribution in [0.1, 0.15) is 0 Å². The third-order valence-electron chi connectivity index (χ3n) is 1.76. The van der Waals surface area contributed by atoms with Gasteiger partial charge in [0.25, 0.3) is 0 Å². The van der Waals surface area contributed by atoms with Crippen LogP contribution < -0.4 is 0 Å². The number of aromatic nitrogens is 2. The van der Waals surface area contributed by atoms with E-state index in [4.69, 9.17) is 5.53 Å². The van der Waals surface area contributed by atoms with Crippen molar-refractivity contribution in [3.8, 4) is 11.4 Å². The fourth-order valence-corrected chi connectivity index (χ4v) is 1.15. The molecule has 0 radical (unpaired) electrons. The molecule has 1 aromatic carbocycles. The molecule has 0 aliphatic heterocycles. The van der Waals surface area contributed by atoms with Gasteiger partial charge < -0.3 is 4.98 Å². The minimum atomic E-state index is 0.423. The molecule has 0 amide bonds. The minimum Gasteiger partial charge on any atom is -0.337 e. The topological polar surface area (TPSA) is 77.4 Å². The van der Waals surface area contributed by atoms with E-state index >= 15 is 0 Å². The first-order valence-electron chi connectivity index (χ1n) is 4.05. The maximum absolute atomic E-state index is 8.21. The number of azide groups is 1. The Kier molecular flexibility index (Phi) is 2.17. The molecule has 0 atom stereocenters. The Hall–Kier alpha value is -2.26. The van der Waals surface area contributed by atoms with Gasteiger partial charge in [0.2, 0.25) is 0 Å². The Bertz CT molecular complexity index is 467. The first-order valence-corrected chi connectivity index (χ1v) is 4.05. The highest BCUT2D eigenvalue weighted by Crippen LogP contribution is 2.18. The van der Waals surface area contributed by atoms with E-state index in [1.807, 2.05) is 30.3 Å². The van der Waals surface area contributed by atoms with E-state index < -0.39 is 0 Å². The number of rotatable bonds is 2. The van der Waals surface area contributed by atoms with Crippen LogP contribution in [0.25, 0.3) is 21.8 Å². The molecule has 0 saturated heterocycles. The van der Waals surface area contributed by atoms with Crippen molar-refractivity contribution in [1.82, 2.24) is 9.97 Å². The number of nitrogens with zero attached hydrogens (tertiary/aromatic N) is 4. The molecule has 0 unspecified atom stereocenters. The first-order chi connectivity index (χ1) is 6.90. The molecule has 1 N–H and O–H groups in total. The Balaban J connectivity index is 2.39. The third kappa shape index (κ3) is 1.57. The first kappa shape index (κ1) is 8.34. The Labute approximate surface area is 80.1 Å². The van der Waals surface area contributed by atoms with Gasteiger partial charge in [-0.2, -0.15) is 0 Å². The summed E-state index contributed by atoms with van der Waals surface area (Å²) in [4.78, 5) is 9.65. The Morgan fingerprint density at radius 3 is 2.79 bits per heavy atom. The van der Waals surface area contributed by atoms with Crippen molar-refractivity contribution < 1.29 is 0 Å². The van der Waals surface area contributed by atoms with Crippen LogP contribution in [0.5, 0.6) is 0 Å². The van der Waals surface area contributed by atoms with Crippen molar-refractivity contribution in [1.29, 1.82) is 0 Å². The Morgan fingerprint density at radius 2 is 2.07 bits per heavy atom. The lowest BCUT2D eigenvalue weighted by Gasteiger charge is -1.93. The summed E-state index contributed by atoms with van der Waals surface area (Å²) in [5, 5.41) is 3.42. The molecule has 5 nitrogen and oxygen atoms in total. The zero-order valence-electron chi connectivity index (χ0n) is 7.25. The lowest BCUT2D eigenvalue weighted by molar-refractivity contribution is 1.29. The highest BCUT2D eigenvalue weighted by atomic mass is 15.2. The number of aromatic amines is 1. The summed E-state index contributed by atoms with van der Waals surface area (Å²) in [6.07, 6.45) is 1.50. The van der Waals surface area contributed by atoms with Gasteiger partial charge in [-0.05, 0) is 10.6 Å². The minimum absolute atomic E-state index is 0.423. The van der Waals surface area contributed by atoms with Gasteiger partial charge in [0.1, 0.15) is 11.6 Å². The number of benzene rings is 1. The number of imidazole rings is 1. The molecule has 2 rings (SSSR count). The molecule has 0 spiro atoms. The largest absolute Gasteiger partial charge is 0.337 e. The molecule has 0 bridgehead atoms. The van der Waals surface area contributed by atoms with Gasteiger partial charge in [0.05, 0.1) is 6.20 Å². The zero-order valence-corrected chi connectivity index (χ0v) is 7.25. The summed E-state index contributed by atoms with van der Waals surface area (Å²) in [6, 6.07) is 9.63. The van der Waals surface area contributed by atoms with Crippen LogP contribution in [0.15, 0.2) is 41.6 Å². The van der Waals surface area contributed by atoms with Crippen LogP contribution in [0.2, 0.25) is 0 Å². The fourth-order valence-electron chi connectivity index (χ4n) is 1.15. The molecule has 14 heavy (non-hydrogen) atoms. The van der Waals surface area contributed by atoms with Gasteiger partial charge in [-0.25, -0.2) is 4.98 Å². The number of nitrogens with one attached hydrogen (secondary N) is 1. The molecular weight excluding hydrogens is 178 g/mol. The second-order valence-electron chi connectivity index (χ2n) is 2.67. The predicted molar refractivity (Wildman–Crippen MR) is 52.8 cm³/mol. The normalized spacial score (nSPS) is 9.43. The second kappa shape index (κ2) is 3.64. The predicted octanol–water partition coefficient (Wildman–Crippen LogP) is 3.02. The summed E-state index contributed by atoms with van der Waals surface area (Å²) in [5.74, 6) is 1.12. The third-order valence-corrected chi connectivity index (χ3v) is 1.76. The maximum Gasteiger partial charge on any atom is 0.137 e. The summed E-state index contributed by atoms with van der Waals surface area (Å²) < 4.78 is 0. The molecule has 1 heterocycles. The van der Waals surface area contributed by atoms with Gasteiger partial charge in [-0.3, -0.25) is 0 Å². The molecule has 2 aromatic rings. The van der Waals surface area contributed by atoms with E-state index in [1.54, 1.807) is 0 Å². The molecule has 0 fully saturated rings. The Morgan fingerprint density at radius 1 is 1.29 bits per heavy atom. The summed E-state index contributed by atoms with van der Waals surface area (Å²) in [6.45, 7) is 0. The SMILES string of the molecule is [N-]=[N+]=Nc1cnc(-c2ccccc2)[nH]1. The summed E-state index contributed by atoms with van der Waals surface area (Å²) in [7, 11) is 0. The summed E-state index contributed by atoms with van der Waals surface area (Å²) >= 11 is 0. The van der Waals surface area contributed by atoms with Crippen molar-refractivity contribution in [3.63, 3.8) is 0 Å². The van der Waals surface area contributed by atoms with Crippen LogP contribution >= 0.6 is 0 Å². The van der Waals surface area contributed by atoms with Crippen molar-refractivity contribution in [3.05, 3.63) is 47.0 Å². The highest BCUT2D eigenvalue weighted by Gasteiger charge is 2.00. The van der Waals surface area contributed by atoms with E-state index in [2.05, 4.69) is 20.0 Å². The summed E-state index contributed by atoms with van der Waals surface area (Å²) in [5.41, 5.74) is 9.17. The van der Waals surface area contributed by atoms with Gasteiger partial charge in [-0.1, -0.05) is 30.3 Å². The van der Waals surface area contributed by atoms with Crippen LogP contribution in [-0.4, -0.2) is 9.97 Å². The maximum atomic E-state index is 8.21. The second-order valence-corrected chi connectivity index (χ2v) is 2.67. The van der Waals surface area contributed by atoms with E-state index in [0.717, 1.165) is 5.56 Å².